The van der Waals surface area contributed by atoms with Gasteiger partial charge in [-0.2, -0.15) is 0 Å². The maximum atomic E-state index is 11.5. The molecule has 1 aromatic carbocycles. The zero-order valence-electron chi connectivity index (χ0n) is 10.3. The zero-order chi connectivity index (χ0) is 13.3. The van der Waals surface area contributed by atoms with Crippen LogP contribution in [-0.4, -0.2) is 14.7 Å². The second-order valence-corrected chi connectivity index (χ2v) is 7.25. The fraction of sp³-hybridized carbons (Fsp3) is 0.231. The normalized spacial score (nSPS) is 13.5. The molecule has 0 aliphatic heterocycles. The number of nitrogens with two attached hydrogens (primary N) is 1. The van der Waals surface area contributed by atoms with Gasteiger partial charge in [0.05, 0.1) is 10.9 Å². The van der Waals surface area contributed by atoms with Crippen LogP contribution in [0.25, 0.3) is 0 Å². The topological polar surface area (TPSA) is 60.2 Å². The first kappa shape index (κ1) is 13.3. The highest BCUT2D eigenvalue weighted by Crippen LogP contribution is 2.28. The smallest absolute Gasteiger partial charge is 0.175 e. The molecular weight excluding hydrogens is 266 g/mol. The van der Waals surface area contributed by atoms with Gasteiger partial charge in [0, 0.05) is 11.1 Å². The second kappa shape index (κ2) is 4.84. The third-order valence-corrected chi connectivity index (χ3v) is 5.04. The van der Waals surface area contributed by atoms with Gasteiger partial charge in [-0.25, -0.2) is 8.42 Å². The summed E-state index contributed by atoms with van der Waals surface area (Å²) in [6.45, 7) is 2.01. The molecule has 0 fully saturated rings. The summed E-state index contributed by atoms with van der Waals surface area (Å²) in [6.07, 6.45) is 1.20. The third-order valence-electron chi connectivity index (χ3n) is 2.83. The number of hydrogen-bond donors (Lipinski definition) is 1. The fourth-order valence-electron chi connectivity index (χ4n) is 1.79. The van der Waals surface area contributed by atoms with Crippen molar-refractivity contribution in [2.45, 2.75) is 17.9 Å². The summed E-state index contributed by atoms with van der Waals surface area (Å²) < 4.78 is 23.0. The standard InChI is InChI=1S/C13H15NO2S2/c1-9-6-7-17-13(9)12(14)10-4-3-5-11(8-10)18(2,15)16/h3-8,12H,14H2,1-2H3. The van der Waals surface area contributed by atoms with E-state index >= 15 is 0 Å². The van der Waals surface area contributed by atoms with E-state index in [4.69, 9.17) is 5.73 Å². The number of hydrogen-bond acceptors (Lipinski definition) is 4. The van der Waals surface area contributed by atoms with Crippen LogP contribution in [0.1, 0.15) is 22.0 Å². The van der Waals surface area contributed by atoms with Crippen LogP contribution in [0.15, 0.2) is 40.6 Å². The second-order valence-electron chi connectivity index (χ2n) is 4.29. The summed E-state index contributed by atoms with van der Waals surface area (Å²) in [5.41, 5.74) is 8.15. The van der Waals surface area contributed by atoms with Gasteiger partial charge in [0.25, 0.3) is 0 Å². The summed E-state index contributed by atoms with van der Waals surface area (Å²) in [6, 6.07) is 8.57. The van der Waals surface area contributed by atoms with E-state index in [2.05, 4.69) is 0 Å². The highest BCUT2D eigenvalue weighted by Gasteiger charge is 2.15. The SMILES string of the molecule is Cc1ccsc1C(N)c1cccc(S(C)(=O)=O)c1. The monoisotopic (exact) mass is 281 g/mol. The molecule has 0 aliphatic carbocycles. The minimum absolute atomic E-state index is 0.272. The maximum Gasteiger partial charge on any atom is 0.175 e. The highest BCUT2D eigenvalue weighted by molar-refractivity contribution is 7.90. The van der Waals surface area contributed by atoms with Crippen molar-refractivity contribution in [1.82, 2.24) is 0 Å². The van der Waals surface area contributed by atoms with E-state index in [9.17, 15) is 8.42 Å². The third kappa shape index (κ3) is 2.63. The van der Waals surface area contributed by atoms with Crippen LogP contribution in [0, 0.1) is 6.92 Å². The van der Waals surface area contributed by atoms with Crippen LogP contribution in [-0.2, 0) is 9.84 Å². The molecule has 2 N–H and O–H groups in total. The Morgan fingerprint density at radius 1 is 1.28 bits per heavy atom. The van der Waals surface area contributed by atoms with Crippen LogP contribution in [0.5, 0.6) is 0 Å². The molecule has 0 bridgehead atoms. The van der Waals surface area contributed by atoms with E-state index in [-0.39, 0.29) is 6.04 Å². The molecule has 0 radical (unpaired) electrons. The van der Waals surface area contributed by atoms with Crippen molar-refractivity contribution >= 4 is 21.2 Å². The molecular formula is C13H15NO2S2. The van der Waals surface area contributed by atoms with Gasteiger partial charge in [-0.3, -0.25) is 0 Å². The Bertz CT molecular complexity index is 659. The molecule has 2 aromatic rings. The average molecular weight is 281 g/mol. The van der Waals surface area contributed by atoms with Crippen LogP contribution in [0.2, 0.25) is 0 Å². The number of thiophene rings is 1. The number of aryl methyl sites for hydroxylation is 1. The van der Waals surface area contributed by atoms with E-state index < -0.39 is 9.84 Å². The Morgan fingerprint density at radius 3 is 2.56 bits per heavy atom. The maximum absolute atomic E-state index is 11.5. The molecule has 0 aliphatic rings. The van der Waals surface area contributed by atoms with E-state index in [0.717, 1.165) is 16.0 Å². The number of rotatable bonds is 3. The molecule has 3 nitrogen and oxygen atoms in total. The largest absolute Gasteiger partial charge is 0.320 e. The lowest BCUT2D eigenvalue weighted by Gasteiger charge is -2.12. The van der Waals surface area contributed by atoms with Gasteiger partial charge in [-0.15, -0.1) is 11.3 Å². The van der Waals surface area contributed by atoms with Crippen molar-refractivity contribution in [3.63, 3.8) is 0 Å². The molecule has 1 atom stereocenters. The summed E-state index contributed by atoms with van der Waals surface area (Å²) >= 11 is 1.59. The molecule has 0 saturated heterocycles. The summed E-state index contributed by atoms with van der Waals surface area (Å²) in [5.74, 6) is 0. The van der Waals surface area contributed by atoms with E-state index in [1.54, 1.807) is 29.5 Å². The van der Waals surface area contributed by atoms with Gasteiger partial charge in [0.2, 0.25) is 0 Å². The molecule has 0 amide bonds. The van der Waals surface area contributed by atoms with Crippen molar-refractivity contribution in [3.8, 4) is 0 Å². The predicted molar refractivity (Wildman–Crippen MR) is 74.6 cm³/mol. The van der Waals surface area contributed by atoms with Gasteiger partial charge in [-0.1, -0.05) is 12.1 Å². The van der Waals surface area contributed by atoms with Gasteiger partial charge in [-0.05, 0) is 41.6 Å². The molecule has 5 heteroatoms. The van der Waals surface area contributed by atoms with Crippen molar-refractivity contribution < 1.29 is 8.42 Å². The summed E-state index contributed by atoms with van der Waals surface area (Å²) in [4.78, 5) is 1.38. The van der Waals surface area contributed by atoms with Gasteiger partial charge in [0.1, 0.15) is 0 Å². The number of sulfone groups is 1. The summed E-state index contributed by atoms with van der Waals surface area (Å²) in [5, 5.41) is 1.99. The lowest BCUT2D eigenvalue weighted by molar-refractivity contribution is 0.601. The van der Waals surface area contributed by atoms with Gasteiger partial charge < -0.3 is 5.73 Å². The Kier molecular flexibility index (Phi) is 3.56. The molecule has 0 spiro atoms. The van der Waals surface area contributed by atoms with E-state index in [0.29, 0.717) is 4.90 Å². The zero-order valence-corrected chi connectivity index (χ0v) is 11.9. The van der Waals surface area contributed by atoms with Crippen LogP contribution in [0.3, 0.4) is 0 Å². The van der Waals surface area contributed by atoms with Crippen molar-refractivity contribution in [1.29, 1.82) is 0 Å². The fourth-order valence-corrected chi connectivity index (χ4v) is 3.42. The Hall–Kier alpha value is -1.17. The first-order valence-corrected chi connectivity index (χ1v) is 8.26. The quantitative estimate of drug-likeness (QED) is 0.940. The molecule has 1 unspecified atom stereocenters. The van der Waals surface area contributed by atoms with E-state index in [1.807, 2.05) is 24.4 Å². The van der Waals surface area contributed by atoms with Crippen molar-refractivity contribution in [2.75, 3.05) is 6.26 Å². The Morgan fingerprint density at radius 2 is 2.00 bits per heavy atom. The Balaban J connectivity index is 2.44. The lowest BCUT2D eigenvalue weighted by Crippen LogP contribution is -2.12. The molecule has 1 heterocycles. The first-order chi connectivity index (χ1) is 8.39. The molecule has 0 saturated carbocycles. The Labute approximate surface area is 111 Å². The molecule has 2 rings (SSSR count). The van der Waals surface area contributed by atoms with Crippen LogP contribution < -0.4 is 5.73 Å². The molecule has 96 valence electrons. The van der Waals surface area contributed by atoms with Gasteiger partial charge in [0.15, 0.2) is 9.84 Å². The van der Waals surface area contributed by atoms with Crippen molar-refractivity contribution in [2.24, 2.45) is 5.73 Å². The van der Waals surface area contributed by atoms with E-state index in [1.165, 1.54) is 6.26 Å². The minimum atomic E-state index is -3.19. The van der Waals surface area contributed by atoms with Crippen LogP contribution >= 0.6 is 11.3 Å². The molecule has 18 heavy (non-hydrogen) atoms. The minimum Gasteiger partial charge on any atom is -0.320 e. The van der Waals surface area contributed by atoms with Gasteiger partial charge >= 0.3 is 0 Å². The average Bonchev–Trinajstić information content (AvgIpc) is 2.73. The summed E-state index contributed by atoms with van der Waals surface area (Å²) in [7, 11) is -3.19. The predicted octanol–water partition coefficient (Wildman–Crippen LogP) is 2.51. The molecule has 1 aromatic heterocycles. The lowest BCUT2D eigenvalue weighted by atomic mass is 10.0. The van der Waals surface area contributed by atoms with Crippen LogP contribution in [0.4, 0.5) is 0 Å². The van der Waals surface area contributed by atoms with Crippen molar-refractivity contribution in [3.05, 3.63) is 51.7 Å². The highest BCUT2D eigenvalue weighted by atomic mass is 32.2. The number of benzene rings is 1. The first-order valence-electron chi connectivity index (χ1n) is 5.49.